The van der Waals surface area contributed by atoms with Gasteiger partial charge in [0.1, 0.15) is 17.2 Å². The van der Waals surface area contributed by atoms with Crippen LogP contribution in [0.4, 0.5) is 0 Å². The highest BCUT2D eigenvalue weighted by molar-refractivity contribution is 6.77. The highest BCUT2D eigenvalue weighted by Gasteiger charge is 2.23. The standard InChI is InChI=1S/C26H36O3Si3/c1-10-30(4,5)27-24-17-15-22(16-18-24)13-14-23-19-25(28-31(6,7)11-2)21-26(20-23)29-32(8,9)12-3/h10-21H,1-3H2,4-9H3/b14-13+. The molecule has 0 saturated heterocycles. The molecule has 0 bridgehead atoms. The first-order valence-electron chi connectivity index (χ1n) is 10.8. The van der Waals surface area contributed by atoms with E-state index in [2.05, 4.69) is 83.3 Å². The Morgan fingerprint density at radius 3 is 1.31 bits per heavy atom. The van der Waals surface area contributed by atoms with Crippen molar-refractivity contribution in [1.29, 1.82) is 0 Å². The Bertz CT molecular complexity index is 950. The quantitative estimate of drug-likeness (QED) is 0.243. The summed E-state index contributed by atoms with van der Waals surface area (Å²) >= 11 is 0. The molecule has 0 heterocycles. The van der Waals surface area contributed by atoms with Crippen molar-refractivity contribution >= 4 is 37.1 Å². The molecule has 0 unspecified atom stereocenters. The van der Waals surface area contributed by atoms with Crippen molar-refractivity contribution in [2.24, 2.45) is 0 Å². The molecule has 3 nitrogen and oxygen atoms in total. The maximum atomic E-state index is 6.28. The van der Waals surface area contributed by atoms with Crippen molar-refractivity contribution in [3.8, 4) is 17.2 Å². The van der Waals surface area contributed by atoms with Crippen LogP contribution < -0.4 is 13.3 Å². The van der Waals surface area contributed by atoms with Crippen LogP contribution in [0.3, 0.4) is 0 Å². The van der Waals surface area contributed by atoms with Crippen LogP contribution in [-0.2, 0) is 0 Å². The third-order valence-electron chi connectivity index (χ3n) is 4.87. The maximum absolute atomic E-state index is 6.28. The Hall–Kier alpha value is -2.55. The summed E-state index contributed by atoms with van der Waals surface area (Å²) in [6.45, 7) is 24.4. The third-order valence-corrected chi connectivity index (χ3v) is 10.1. The topological polar surface area (TPSA) is 27.7 Å². The van der Waals surface area contributed by atoms with E-state index < -0.39 is 25.0 Å². The van der Waals surface area contributed by atoms with E-state index in [4.69, 9.17) is 13.3 Å². The molecule has 2 rings (SSSR count). The van der Waals surface area contributed by atoms with Crippen LogP contribution in [-0.4, -0.2) is 25.0 Å². The van der Waals surface area contributed by atoms with Gasteiger partial charge in [-0.15, -0.1) is 19.7 Å². The summed E-state index contributed by atoms with van der Waals surface area (Å²) in [6, 6.07) is 14.2. The summed E-state index contributed by atoms with van der Waals surface area (Å²) < 4.78 is 18.6. The molecular formula is C26H36O3Si3. The second kappa shape index (κ2) is 10.4. The summed E-state index contributed by atoms with van der Waals surface area (Å²) in [7, 11) is -5.83. The molecule has 2 aromatic carbocycles. The fourth-order valence-corrected chi connectivity index (χ4v) is 5.13. The molecule has 0 saturated carbocycles. The monoisotopic (exact) mass is 480 g/mol. The normalized spacial score (nSPS) is 12.3. The molecule has 32 heavy (non-hydrogen) atoms. The van der Waals surface area contributed by atoms with Gasteiger partial charge in [0.2, 0.25) is 0 Å². The molecule has 0 spiro atoms. The van der Waals surface area contributed by atoms with E-state index in [9.17, 15) is 0 Å². The van der Waals surface area contributed by atoms with Crippen LogP contribution in [0.15, 0.2) is 79.3 Å². The first kappa shape index (κ1) is 25.7. The van der Waals surface area contributed by atoms with E-state index >= 15 is 0 Å². The van der Waals surface area contributed by atoms with Crippen molar-refractivity contribution in [2.45, 2.75) is 39.3 Å². The fraction of sp³-hybridized carbons (Fsp3) is 0.231. The van der Waals surface area contributed by atoms with Crippen LogP contribution in [0.2, 0.25) is 39.3 Å². The lowest BCUT2D eigenvalue weighted by atomic mass is 10.1. The van der Waals surface area contributed by atoms with Gasteiger partial charge in [0.15, 0.2) is 0 Å². The largest absolute Gasteiger partial charge is 0.540 e. The van der Waals surface area contributed by atoms with E-state index in [1.807, 2.05) is 47.4 Å². The van der Waals surface area contributed by atoms with Crippen LogP contribution in [0.25, 0.3) is 12.2 Å². The van der Waals surface area contributed by atoms with E-state index in [0.717, 1.165) is 28.4 Å². The Labute approximate surface area is 197 Å². The van der Waals surface area contributed by atoms with Gasteiger partial charge in [-0.2, -0.15) is 0 Å². The summed E-state index contributed by atoms with van der Waals surface area (Å²) in [4.78, 5) is 0. The van der Waals surface area contributed by atoms with Crippen molar-refractivity contribution in [3.05, 3.63) is 90.4 Å². The highest BCUT2D eigenvalue weighted by Crippen LogP contribution is 2.29. The summed E-state index contributed by atoms with van der Waals surface area (Å²) in [6.07, 6.45) is 4.15. The van der Waals surface area contributed by atoms with Gasteiger partial charge in [-0.3, -0.25) is 0 Å². The molecule has 0 aromatic heterocycles. The van der Waals surface area contributed by atoms with Crippen LogP contribution >= 0.6 is 0 Å². The van der Waals surface area contributed by atoms with E-state index in [-0.39, 0.29) is 0 Å². The third kappa shape index (κ3) is 8.18. The summed E-state index contributed by atoms with van der Waals surface area (Å²) in [5.41, 5.74) is 7.89. The van der Waals surface area contributed by atoms with Gasteiger partial charge in [0.05, 0.1) is 0 Å². The molecule has 2 aromatic rings. The average Bonchev–Trinajstić information content (AvgIpc) is 2.72. The lowest BCUT2D eigenvalue weighted by Gasteiger charge is -2.24. The zero-order chi connectivity index (χ0) is 24.0. The Kier molecular flexibility index (Phi) is 8.34. The molecule has 0 fully saturated rings. The summed E-state index contributed by atoms with van der Waals surface area (Å²) in [5, 5.41) is 0. The molecular weight excluding hydrogens is 445 g/mol. The SMILES string of the molecule is C=C[Si](C)(C)Oc1ccc(/C=C/c2cc(O[Si](C)(C)C=C)cc(O[Si](C)(C)C=C)c2)cc1. The predicted octanol–water partition coefficient (Wildman–Crippen LogP) is 7.78. The molecule has 0 aliphatic heterocycles. The number of hydrogen-bond donors (Lipinski definition) is 0. The van der Waals surface area contributed by atoms with Gasteiger partial charge >= 0.3 is 0 Å². The summed E-state index contributed by atoms with van der Waals surface area (Å²) in [5.74, 6) is 2.47. The van der Waals surface area contributed by atoms with Gasteiger partial charge in [-0.25, -0.2) is 0 Å². The first-order chi connectivity index (χ1) is 14.9. The van der Waals surface area contributed by atoms with E-state index in [0.29, 0.717) is 0 Å². The molecule has 0 amide bonds. The molecule has 6 heteroatoms. The Balaban J connectivity index is 2.30. The molecule has 0 N–H and O–H groups in total. The smallest absolute Gasteiger partial charge is 0.269 e. The number of hydrogen-bond acceptors (Lipinski definition) is 3. The van der Waals surface area contributed by atoms with Gasteiger partial charge in [0.25, 0.3) is 25.0 Å². The van der Waals surface area contributed by atoms with Crippen LogP contribution in [0.1, 0.15) is 11.1 Å². The van der Waals surface area contributed by atoms with E-state index in [1.54, 1.807) is 0 Å². The molecule has 0 atom stereocenters. The minimum absolute atomic E-state index is 0.799. The van der Waals surface area contributed by atoms with Gasteiger partial charge < -0.3 is 13.3 Å². The molecule has 0 radical (unpaired) electrons. The van der Waals surface area contributed by atoms with Crippen molar-refractivity contribution < 1.29 is 13.3 Å². The van der Waals surface area contributed by atoms with Gasteiger partial charge in [-0.05, 0) is 74.7 Å². The number of benzene rings is 2. The Morgan fingerprint density at radius 1 is 0.531 bits per heavy atom. The average molecular weight is 481 g/mol. The minimum atomic E-state index is -1.99. The lowest BCUT2D eigenvalue weighted by molar-refractivity contribution is 0.538. The zero-order valence-corrected chi connectivity index (χ0v) is 23.3. The minimum Gasteiger partial charge on any atom is -0.540 e. The Morgan fingerprint density at radius 2 is 0.906 bits per heavy atom. The lowest BCUT2D eigenvalue weighted by Crippen LogP contribution is -2.32. The second-order valence-corrected chi connectivity index (χ2v) is 20.8. The number of rotatable bonds is 11. The molecule has 0 aliphatic carbocycles. The van der Waals surface area contributed by atoms with E-state index in [1.165, 1.54) is 0 Å². The van der Waals surface area contributed by atoms with Crippen LogP contribution in [0, 0.1) is 0 Å². The molecule has 0 aliphatic rings. The molecule has 170 valence electrons. The second-order valence-electron chi connectivity index (χ2n) is 9.37. The first-order valence-corrected chi connectivity index (χ1v) is 19.7. The van der Waals surface area contributed by atoms with Crippen molar-refractivity contribution in [1.82, 2.24) is 0 Å². The van der Waals surface area contributed by atoms with Crippen molar-refractivity contribution in [3.63, 3.8) is 0 Å². The highest BCUT2D eigenvalue weighted by atomic mass is 28.4. The fourth-order valence-electron chi connectivity index (χ4n) is 2.68. The van der Waals surface area contributed by atoms with Crippen LogP contribution in [0.5, 0.6) is 17.2 Å². The zero-order valence-electron chi connectivity index (χ0n) is 20.3. The predicted molar refractivity (Wildman–Crippen MR) is 147 cm³/mol. The van der Waals surface area contributed by atoms with Gasteiger partial charge in [0, 0.05) is 6.07 Å². The maximum Gasteiger partial charge on any atom is 0.269 e. The van der Waals surface area contributed by atoms with Crippen molar-refractivity contribution in [2.75, 3.05) is 0 Å². The van der Waals surface area contributed by atoms with Gasteiger partial charge in [-0.1, -0.05) is 41.4 Å².